The molecule has 18 heavy (non-hydrogen) atoms. The molecular weight excluding hydrogens is 244 g/mol. The lowest BCUT2D eigenvalue weighted by Gasteiger charge is -2.09. The molecule has 4 nitrogen and oxygen atoms in total. The fourth-order valence-corrected chi connectivity index (χ4v) is 2.97. The molecule has 0 unspecified atom stereocenters. The molecule has 0 aliphatic rings. The van der Waals surface area contributed by atoms with Gasteiger partial charge >= 0.3 is 0 Å². The van der Waals surface area contributed by atoms with Gasteiger partial charge in [0.05, 0.1) is 26.6 Å². The number of benzene rings is 1. The zero-order valence-electron chi connectivity index (χ0n) is 10.3. The van der Waals surface area contributed by atoms with Crippen LogP contribution in [0, 0.1) is 6.92 Å². The fraction of sp³-hybridized carbons (Fsp3) is 0.231. The van der Waals surface area contributed by atoms with E-state index in [0.29, 0.717) is 0 Å². The molecule has 0 saturated carbocycles. The van der Waals surface area contributed by atoms with Crippen molar-refractivity contribution >= 4 is 27.2 Å². The van der Waals surface area contributed by atoms with E-state index in [2.05, 4.69) is 16.9 Å². The second-order valence-electron chi connectivity index (χ2n) is 4.18. The van der Waals surface area contributed by atoms with Gasteiger partial charge in [-0.3, -0.25) is 0 Å². The summed E-state index contributed by atoms with van der Waals surface area (Å²) >= 11 is 1.67. The summed E-state index contributed by atoms with van der Waals surface area (Å²) in [7, 11) is 0. The van der Waals surface area contributed by atoms with Crippen molar-refractivity contribution < 1.29 is 0 Å². The normalized spacial score (nSPS) is 11.2. The Kier molecular flexibility index (Phi) is 2.56. The van der Waals surface area contributed by atoms with Crippen molar-refractivity contribution in [2.24, 2.45) is 0 Å². The molecule has 0 aliphatic carbocycles. The van der Waals surface area contributed by atoms with Crippen LogP contribution < -0.4 is 5.73 Å². The molecular formula is C13H14N4S. The number of nitrogens with two attached hydrogens (primary N) is 1. The van der Waals surface area contributed by atoms with Gasteiger partial charge in [-0.05, 0) is 19.1 Å². The highest BCUT2D eigenvalue weighted by Crippen LogP contribution is 2.29. The predicted octanol–water partition coefficient (Wildman–Crippen LogP) is 2.94. The second-order valence-corrected chi connectivity index (χ2v) is 5.41. The number of hydrogen-bond donors (Lipinski definition) is 1. The minimum Gasteiger partial charge on any atom is -0.397 e. The van der Waals surface area contributed by atoms with Crippen molar-refractivity contribution in [3.8, 4) is 5.69 Å². The van der Waals surface area contributed by atoms with Crippen LogP contribution in [0.25, 0.3) is 15.9 Å². The standard InChI is InChI=1S/C13H14N4S/c1-3-13-15-4-5-17(13)11-7-10-12(6-9(11)14)18-8(2)16-10/h4-7H,3,14H2,1-2H3. The van der Waals surface area contributed by atoms with E-state index in [0.717, 1.165) is 38.8 Å². The topological polar surface area (TPSA) is 56.7 Å². The summed E-state index contributed by atoms with van der Waals surface area (Å²) in [4.78, 5) is 8.84. The van der Waals surface area contributed by atoms with Gasteiger partial charge in [-0.15, -0.1) is 11.3 Å². The highest BCUT2D eigenvalue weighted by atomic mass is 32.1. The predicted molar refractivity (Wildman–Crippen MR) is 75.3 cm³/mol. The number of aryl methyl sites for hydroxylation is 2. The number of aromatic nitrogens is 3. The molecule has 92 valence electrons. The maximum atomic E-state index is 6.14. The lowest BCUT2D eigenvalue weighted by Crippen LogP contribution is -2.02. The Labute approximate surface area is 109 Å². The maximum absolute atomic E-state index is 6.14. The minimum absolute atomic E-state index is 0.763. The summed E-state index contributed by atoms with van der Waals surface area (Å²) < 4.78 is 3.16. The first-order valence-electron chi connectivity index (χ1n) is 5.88. The molecule has 0 radical (unpaired) electrons. The highest BCUT2D eigenvalue weighted by molar-refractivity contribution is 7.18. The number of anilines is 1. The molecule has 1 aromatic carbocycles. The molecule has 2 N–H and O–H groups in total. The first-order valence-corrected chi connectivity index (χ1v) is 6.70. The third kappa shape index (κ3) is 1.67. The van der Waals surface area contributed by atoms with E-state index in [1.807, 2.05) is 29.8 Å². The molecule has 5 heteroatoms. The Hall–Kier alpha value is -1.88. The number of fused-ring (bicyclic) bond motifs is 1. The molecule has 3 aromatic rings. The van der Waals surface area contributed by atoms with Crippen molar-refractivity contribution in [2.45, 2.75) is 20.3 Å². The lowest BCUT2D eigenvalue weighted by atomic mass is 10.2. The first kappa shape index (κ1) is 11.2. The summed E-state index contributed by atoms with van der Waals surface area (Å²) in [5, 5.41) is 1.06. The molecule has 2 heterocycles. The molecule has 0 aliphatic heterocycles. The molecule has 0 amide bonds. The monoisotopic (exact) mass is 258 g/mol. The van der Waals surface area contributed by atoms with Crippen molar-refractivity contribution in [1.82, 2.24) is 14.5 Å². The van der Waals surface area contributed by atoms with Gasteiger partial charge < -0.3 is 10.3 Å². The van der Waals surface area contributed by atoms with Gasteiger partial charge in [-0.1, -0.05) is 6.92 Å². The average Bonchev–Trinajstić information content (AvgIpc) is 2.92. The van der Waals surface area contributed by atoms with Crippen molar-refractivity contribution in [1.29, 1.82) is 0 Å². The molecule has 0 spiro atoms. The van der Waals surface area contributed by atoms with E-state index in [9.17, 15) is 0 Å². The van der Waals surface area contributed by atoms with E-state index >= 15 is 0 Å². The minimum atomic E-state index is 0.763. The number of rotatable bonds is 2. The van der Waals surface area contributed by atoms with Gasteiger partial charge in [-0.25, -0.2) is 9.97 Å². The van der Waals surface area contributed by atoms with Crippen molar-refractivity contribution in [3.05, 3.63) is 35.4 Å². The summed E-state index contributed by atoms with van der Waals surface area (Å²) in [5.41, 5.74) is 8.86. The van der Waals surface area contributed by atoms with Crippen LogP contribution in [0.15, 0.2) is 24.5 Å². The van der Waals surface area contributed by atoms with Crippen molar-refractivity contribution in [2.75, 3.05) is 5.73 Å². The van der Waals surface area contributed by atoms with Crippen LogP contribution in [0.5, 0.6) is 0 Å². The number of hydrogen-bond acceptors (Lipinski definition) is 4. The second kappa shape index (κ2) is 4.10. The van der Waals surface area contributed by atoms with Gasteiger partial charge in [0, 0.05) is 18.8 Å². The van der Waals surface area contributed by atoms with Gasteiger partial charge in [0.15, 0.2) is 0 Å². The SMILES string of the molecule is CCc1nccn1-c1cc2nc(C)sc2cc1N. The van der Waals surface area contributed by atoms with Gasteiger partial charge in [0.2, 0.25) is 0 Å². The number of imidazole rings is 1. The largest absolute Gasteiger partial charge is 0.397 e. The summed E-state index contributed by atoms with van der Waals surface area (Å²) in [5.74, 6) is 1.01. The third-order valence-electron chi connectivity index (χ3n) is 2.94. The number of nitrogens with zero attached hydrogens (tertiary/aromatic N) is 3. The van der Waals surface area contributed by atoms with Crippen LogP contribution >= 0.6 is 11.3 Å². The Morgan fingerprint density at radius 1 is 1.39 bits per heavy atom. The zero-order chi connectivity index (χ0) is 12.7. The Morgan fingerprint density at radius 3 is 3.00 bits per heavy atom. The van der Waals surface area contributed by atoms with E-state index in [-0.39, 0.29) is 0 Å². The number of nitrogen functional groups attached to an aromatic ring is 1. The summed E-state index contributed by atoms with van der Waals surface area (Å²) in [6.45, 7) is 4.09. The summed E-state index contributed by atoms with van der Waals surface area (Å²) in [6, 6.07) is 4.03. The molecule has 0 fully saturated rings. The Bertz CT molecular complexity index is 711. The smallest absolute Gasteiger partial charge is 0.112 e. The van der Waals surface area contributed by atoms with Gasteiger partial charge in [0.25, 0.3) is 0 Å². The third-order valence-corrected chi connectivity index (χ3v) is 3.87. The molecule has 2 aromatic heterocycles. The number of thiazole rings is 1. The van der Waals surface area contributed by atoms with Crippen LogP contribution in [0.4, 0.5) is 5.69 Å². The highest BCUT2D eigenvalue weighted by Gasteiger charge is 2.10. The average molecular weight is 258 g/mol. The first-order chi connectivity index (χ1) is 8.69. The van der Waals surface area contributed by atoms with Crippen LogP contribution in [-0.2, 0) is 6.42 Å². The quantitative estimate of drug-likeness (QED) is 0.719. The Balaban J connectivity index is 2.25. The Morgan fingerprint density at radius 2 is 2.22 bits per heavy atom. The van der Waals surface area contributed by atoms with Crippen LogP contribution in [0.3, 0.4) is 0 Å². The lowest BCUT2D eigenvalue weighted by molar-refractivity contribution is 0.893. The molecule has 0 atom stereocenters. The summed E-state index contributed by atoms with van der Waals surface area (Å²) in [6.07, 6.45) is 4.62. The van der Waals surface area contributed by atoms with Crippen LogP contribution in [0.1, 0.15) is 17.8 Å². The van der Waals surface area contributed by atoms with Crippen LogP contribution in [-0.4, -0.2) is 14.5 Å². The van der Waals surface area contributed by atoms with E-state index < -0.39 is 0 Å². The van der Waals surface area contributed by atoms with E-state index in [4.69, 9.17) is 5.73 Å². The molecule has 3 rings (SSSR count). The van der Waals surface area contributed by atoms with Gasteiger partial charge in [-0.2, -0.15) is 0 Å². The van der Waals surface area contributed by atoms with Gasteiger partial charge in [0.1, 0.15) is 5.82 Å². The van der Waals surface area contributed by atoms with E-state index in [1.54, 1.807) is 17.5 Å². The zero-order valence-corrected chi connectivity index (χ0v) is 11.2. The maximum Gasteiger partial charge on any atom is 0.112 e. The van der Waals surface area contributed by atoms with E-state index in [1.165, 1.54) is 0 Å². The van der Waals surface area contributed by atoms with Crippen molar-refractivity contribution in [3.63, 3.8) is 0 Å². The molecule has 0 saturated heterocycles. The molecule has 0 bridgehead atoms. The fourth-order valence-electron chi connectivity index (χ4n) is 2.12. The van der Waals surface area contributed by atoms with Crippen LogP contribution in [0.2, 0.25) is 0 Å².